The summed E-state index contributed by atoms with van der Waals surface area (Å²) in [4.78, 5) is 12.2. The number of β-lactam (4-membered cyclic amide) rings is 1. The minimum Gasteiger partial charge on any atom is -0.390 e. The first kappa shape index (κ1) is 14.4. The van der Waals surface area contributed by atoms with Gasteiger partial charge < -0.3 is 5.11 Å². The van der Waals surface area contributed by atoms with Gasteiger partial charge in [0.15, 0.2) is 5.82 Å². The van der Waals surface area contributed by atoms with E-state index < -0.39 is 11.5 Å². The van der Waals surface area contributed by atoms with Gasteiger partial charge in [-0.15, -0.1) is 5.10 Å². The van der Waals surface area contributed by atoms with Gasteiger partial charge in [-0.3, -0.25) is 9.10 Å². The fourth-order valence-corrected chi connectivity index (χ4v) is 3.18. The monoisotopic (exact) mass is 301 g/mol. The first-order valence-electron chi connectivity index (χ1n) is 5.69. The first-order valence-corrected chi connectivity index (χ1v) is 6.88. The molecule has 0 unspecified atom stereocenters. The molecule has 1 N–H and O–H groups in total. The van der Waals surface area contributed by atoms with E-state index in [2.05, 4.69) is 15.5 Å². The van der Waals surface area contributed by atoms with Gasteiger partial charge in [-0.2, -0.15) is 0 Å². The predicted octanol–water partition coefficient (Wildman–Crippen LogP) is 0.476. The van der Waals surface area contributed by atoms with Crippen LogP contribution in [0.5, 0.6) is 0 Å². The topological polar surface area (TPSA) is 84.1 Å². The Balaban J connectivity index is 2.35. The van der Waals surface area contributed by atoms with Gasteiger partial charge in [0.05, 0.1) is 15.7 Å². The number of tetrazole rings is 1. The van der Waals surface area contributed by atoms with Crippen LogP contribution < -0.4 is 0 Å². The van der Waals surface area contributed by atoms with Crippen molar-refractivity contribution in [2.45, 2.75) is 32.4 Å². The molecule has 1 aromatic heterocycles. The Labute approximate surface area is 120 Å². The Morgan fingerprint density at radius 2 is 2.16 bits per heavy atom. The highest BCUT2D eigenvalue weighted by atomic mass is 32.2. The molecule has 1 aromatic rings. The smallest absolute Gasteiger partial charge is 0.242 e. The molecule has 104 valence electrons. The summed E-state index contributed by atoms with van der Waals surface area (Å²) in [6.45, 7) is 4.97. The molecule has 1 saturated heterocycles. The summed E-state index contributed by atoms with van der Waals surface area (Å²) < 4.78 is 3.65. The Bertz CT molecular complexity index is 524. The summed E-state index contributed by atoms with van der Waals surface area (Å²) in [6.07, 6.45) is 0. The molecule has 2 atom stereocenters. The molecule has 0 radical (unpaired) electrons. The zero-order valence-corrected chi connectivity index (χ0v) is 12.7. The van der Waals surface area contributed by atoms with E-state index in [1.54, 1.807) is 27.8 Å². The number of aliphatic hydroxyl groups is 1. The molecule has 1 amide bonds. The van der Waals surface area contributed by atoms with Crippen LogP contribution in [0.25, 0.3) is 0 Å². The number of rotatable bonds is 3. The molecule has 9 heteroatoms. The first-order chi connectivity index (χ1) is 8.73. The van der Waals surface area contributed by atoms with Gasteiger partial charge in [0.2, 0.25) is 5.91 Å². The summed E-state index contributed by atoms with van der Waals surface area (Å²) in [6, 6.07) is -0.379. The second-order valence-corrected chi connectivity index (χ2v) is 7.04. The lowest BCUT2D eigenvalue weighted by atomic mass is 9.77. The second kappa shape index (κ2) is 4.80. The number of aryl methyl sites for hydroxylation is 1. The van der Waals surface area contributed by atoms with Crippen molar-refractivity contribution >= 4 is 34.3 Å². The van der Waals surface area contributed by atoms with Gasteiger partial charge in [-0.05, 0) is 43.1 Å². The number of carbonyl (C=O) groups is 1. The minimum absolute atomic E-state index is 0.158. The lowest BCUT2D eigenvalue weighted by Gasteiger charge is -2.49. The SMILES string of the molecule is CC(=S)SN1C(=O)[C@@H](C(C)(C)O)[C@@H]1c1nnnn1C. The summed E-state index contributed by atoms with van der Waals surface area (Å²) in [5, 5.41) is 21.4. The molecule has 19 heavy (non-hydrogen) atoms. The summed E-state index contributed by atoms with van der Waals surface area (Å²) in [7, 11) is 1.70. The molecule has 7 nitrogen and oxygen atoms in total. The summed E-state index contributed by atoms with van der Waals surface area (Å²) >= 11 is 6.20. The van der Waals surface area contributed by atoms with Gasteiger partial charge in [0.25, 0.3) is 0 Å². The normalized spacial score (nSPS) is 23.4. The predicted molar refractivity (Wildman–Crippen MR) is 74.0 cm³/mol. The number of nitrogens with zero attached hydrogens (tertiary/aromatic N) is 5. The van der Waals surface area contributed by atoms with E-state index in [-0.39, 0.29) is 11.9 Å². The van der Waals surface area contributed by atoms with Crippen molar-refractivity contribution in [2.24, 2.45) is 13.0 Å². The largest absolute Gasteiger partial charge is 0.390 e. The van der Waals surface area contributed by atoms with Crippen LogP contribution >= 0.6 is 24.2 Å². The van der Waals surface area contributed by atoms with Crippen LogP contribution in [0.1, 0.15) is 32.6 Å². The average Bonchev–Trinajstić information content (AvgIpc) is 2.66. The highest BCUT2D eigenvalue weighted by Crippen LogP contribution is 2.48. The van der Waals surface area contributed by atoms with Crippen LogP contribution in [0.3, 0.4) is 0 Å². The van der Waals surface area contributed by atoms with Crippen molar-refractivity contribution in [3.8, 4) is 0 Å². The molecule has 0 aliphatic carbocycles. The fraction of sp³-hybridized carbons (Fsp3) is 0.700. The van der Waals surface area contributed by atoms with Gasteiger partial charge in [-0.1, -0.05) is 12.2 Å². The van der Waals surface area contributed by atoms with E-state index in [0.717, 1.165) is 0 Å². The molecule has 1 aliphatic heterocycles. The summed E-state index contributed by atoms with van der Waals surface area (Å²) in [5.41, 5.74) is -1.14. The van der Waals surface area contributed by atoms with E-state index in [9.17, 15) is 9.90 Å². The van der Waals surface area contributed by atoms with E-state index in [1.165, 1.54) is 20.9 Å². The Morgan fingerprint density at radius 1 is 1.53 bits per heavy atom. The molecule has 2 heterocycles. The Hall–Kier alpha value is -1.06. The molecule has 1 fully saturated rings. The minimum atomic E-state index is -1.14. The second-order valence-electron chi connectivity index (χ2n) is 4.98. The molecular formula is C10H15N5O2S2. The van der Waals surface area contributed by atoms with Crippen LogP contribution in [0.15, 0.2) is 0 Å². The van der Waals surface area contributed by atoms with Crippen LogP contribution in [0.4, 0.5) is 0 Å². The van der Waals surface area contributed by atoms with Gasteiger partial charge in [0, 0.05) is 7.05 Å². The van der Waals surface area contributed by atoms with Gasteiger partial charge >= 0.3 is 0 Å². The third-order valence-electron chi connectivity index (χ3n) is 2.96. The van der Waals surface area contributed by atoms with E-state index in [0.29, 0.717) is 10.0 Å². The van der Waals surface area contributed by atoms with Crippen molar-refractivity contribution < 1.29 is 9.90 Å². The molecule has 1 aliphatic rings. The average molecular weight is 301 g/mol. The fourth-order valence-electron chi connectivity index (χ4n) is 2.13. The van der Waals surface area contributed by atoms with Crippen LogP contribution in [0.2, 0.25) is 0 Å². The van der Waals surface area contributed by atoms with Crippen LogP contribution in [0, 0.1) is 5.92 Å². The van der Waals surface area contributed by atoms with E-state index in [4.69, 9.17) is 12.2 Å². The standard InChI is InChI=1S/C10H15N5O2S2/c1-5(18)19-15-7(8-11-12-13-14(8)4)6(9(15)16)10(2,3)17/h6-7,17H,1-4H3/t6-,7+/m0/s1. The van der Waals surface area contributed by atoms with E-state index in [1.807, 2.05) is 0 Å². The van der Waals surface area contributed by atoms with Crippen molar-refractivity contribution in [1.82, 2.24) is 24.5 Å². The maximum atomic E-state index is 12.2. The lowest BCUT2D eigenvalue weighted by molar-refractivity contribution is -0.161. The molecule has 2 rings (SSSR count). The van der Waals surface area contributed by atoms with Crippen molar-refractivity contribution in [3.63, 3.8) is 0 Å². The number of thiocarbonyl (C=S) groups is 1. The quantitative estimate of drug-likeness (QED) is 0.493. The number of aromatic nitrogens is 4. The Morgan fingerprint density at radius 3 is 2.58 bits per heavy atom. The lowest BCUT2D eigenvalue weighted by Crippen LogP contribution is -2.60. The Kier molecular flexibility index (Phi) is 3.63. The van der Waals surface area contributed by atoms with Gasteiger partial charge in [-0.25, -0.2) is 4.68 Å². The highest BCUT2D eigenvalue weighted by molar-refractivity contribution is 8.21. The molecule has 0 bridgehead atoms. The van der Waals surface area contributed by atoms with Crippen LogP contribution in [-0.4, -0.2) is 45.3 Å². The maximum absolute atomic E-state index is 12.2. The zero-order chi connectivity index (χ0) is 14.4. The highest BCUT2D eigenvalue weighted by Gasteiger charge is 2.57. The number of hydrogen-bond acceptors (Lipinski definition) is 7. The van der Waals surface area contributed by atoms with Gasteiger partial charge in [0.1, 0.15) is 6.04 Å². The number of hydrogen-bond donors (Lipinski definition) is 1. The van der Waals surface area contributed by atoms with Crippen molar-refractivity contribution in [2.75, 3.05) is 0 Å². The van der Waals surface area contributed by atoms with Crippen molar-refractivity contribution in [1.29, 1.82) is 0 Å². The zero-order valence-electron chi connectivity index (χ0n) is 11.1. The summed E-state index contributed by atoms with van der Waals surface area (Å²) in [5.74, 6) is -0.191. The molecular weight excluding hydrogens is 286 g/mol. The molecule has 0 saturated carbocycles. The number of carbonyl (C=O) groups excluding carboxylic acids is 1. The third-order valence-corrected chi connectivity index (χ3v) is 4.04. The third kappa shape index (κ3) is 2.49. The van der Waals surface area contributed by atoms with Crippen LogP contribution in [-0.2, 0) is 11.8 Å². The molecule has 0 aromatic carbocycles. The van der Waals surface area contributed by atoms with E-state index >= 15 is 0 Å². The molecule has 0 spiro atoms. The maximum Gasteiger partial charge on any atom is 0.242 e. The number of amides is 1. The van der Waals surface area contributed by atoms with Crippen molar-refractivity contribution in [3.05, 3.63) is 5.82 Å².